The fourth-order valence-corrected chi connectivity index (χ4v) is 11.9. The van der Waals surface area contributed by atoms with Gasteiger partial charge in [0.1, 0.15) is 0 Å². The number of fused-ring (bicyclic) bond motifs is 2. The molecule has 0 amide bonds. The molecule has 1 saturated heterocycles. The van der Waals surface area contributed by atoms with Crippen molar-refractivity contribution < 1.29 is 0 Å². The Morgan fingerprint density at radius 2 is 1.40 bits per heavy atom. The van der Waals surface area contributed by atoms with Gasteiger partial charge in [0, 0.05) is 46.0 Å². The number of rotatable bonds is 4. The van der Waals surface area contributed by atoms with Crippen LogP contribution in [0, 0.1) is 51.2 Å². The van der Waals surface area contributed by atoms with E-state index in [1.807, 2.05) is 0 Å². The van der Waals surface area contributed by atoms with Crippen molar-refractivity contribution in [2.75, 3.05) is 0 Å². The normalized spacial score (nSPS) is 35.5. The smallest absolute Gasteiger partial charge is 0.0498 e. The van der Waals surface area contributed by atoms with Crippen LogP contribution < -0.4 is 0 Å². The van der Waals surface area contributed by atoms with Crippen LogP contribution in [0.25, 0.3) is 0 Å². The summed E-state index contributed by atoms with van der Waals surface area (Å²) < 4.78 is 0. The van der Waals surface area contributed by atoms with Crippen molar-refractivity contribution in [1.82, 2.24) is 9.80 Å². The molecule has 2 saturated carbocycles. The van der Waals surface area contributed by atoms with Gasteiger partial charge in [-0.15, -0.1) is 0 Å². The minimum absolute atomic E-state index is 0.180. The Kier molecular flexibility index (Phi) is 9.81. The summed E-state index contributed by atoms with van der Waals surface area (Å²) in [5.41, 5.74) is 6.59. The molecule has 270 valence electrons. The van der Waals surface area contributed by atoms with Gasteiger partial charge in [0.25, 0.3) is 0 Å². The molecule has 5 aliphatic carbocycles. The molecule has 0 N–H and O–H groups in total. The van der Waals surface area contributed by atoms with Gasteiger partial charge in [-0.1, -0.05) is 107 Å². The van der Waals surface area contributed by atoms with E-state index in [9.17, 15) is 0 Å². The Balaban J connectivity index is 1.38. The molecule has 0 aromatic carbocycles. The lowest BCUT2D eigenvalue weighted by molar-refractivity contribution is -0.00428. The first-order valence-corrected chi connectivity index (χ1v) is 20.7. The molecule has 6 rings (SSSR count). The fourth-order valence-electron chi connectivity index (χ4n) is 11.9. The lowest BCUT2D eigenvalue weighted by Crippen LogP contribution is -2.54. The Morgan fingerprint density at radius 3 is 1.96 bits per heavy atom. The van der Waals surface area contributed by atoms with E-state index >= 15 is 0 Å². The van der Waals surface area contributed by atoms with Crippen molar-refractivity contribution in [3.63, 3.8) is 0 Å². The Hall–Kier alpha value is -1.44. The molecule has 48 heavy (non-hydrogen) atoms. The largest absolute Gasteiger partial charge is 0.363 e. The molecule has 2 heteroatoms. The molecular formula is C46H76N2. The van der Waals surface area contributed by atoms with Gasteiger partial charge in [0.15, 0.2) is 0 Å². The van der Waals surface area contributed by atoms with Gasteiger partial charge in [-0.3, -0.25) is 0 Å². The van der Waals surface area contributed by atoms with Crippen LogP contribution in [0.3, 0.4) is 0 Å². The van der Waals surface area contributed by atoms with Crippen LogP contribution in [0.2, 0.25) is 0 Å². The maximum atomic E-state index is 3.06. The molecule has 1 spiro atoms. The Morgan fingerprint density at radius 1 is 0.750 bits per heavy atom. The predicted molar refractivity (Wildman–Crippen MR) is 207 cm³/mol. The topological polar surface area (TPSA) is 6.48 Å². The maximum absolute atomic E-state index is 3.06. The van der Waals surface area contributed by atoms with Gasteiger partial charge in [-0.25, -0.2) is 0 Å². The number of nitrogens with zero attached hydrogens (tertiary/aromatic N) is 2. The van der Waals surface area contributed by atoms with Crippen molar-refractivity contribution >= 4 is 0 Å². The van der Waals surface area contributed by atoms with Crippen molar-refractivity contribution in [1.29, 1.82) is 0 Å². The van der Waals surface area contributed by atoms with Crippen molar-refractivity contribution in [2.45, 2.75) is 191 Å². The second-order valence-corrected chi connectivity index (χ2v) is 21.6. The number of allylic oxidation sites excluding steroid dienone is 6. The molecule has 0 aromatic heterocycles. The molecular weight excluding hydrogens is 581 g/mol. The van der Waals surface area contributed by atoms with Crippen LogP contribution >= 0.6 is 0 Å². The number of hydrogen-bond donors (Lipinski definition) is 0. The first kappa shape index (κ1) is 36.4. The van der Waals surface area contributed by atoms with Gasteiger partial charge in [0.2, 0.25) is 0 Å². The molecule has 1 aliphatic heterocycles. The highest BCUT2D eigenvalue weighted by molar-refractivity contribution is 5.34. The number of hydrogen-bond acceptors (Lipinski definition) is 2. The monoisotopic (exact) mass is 657 g/mol. The third kappa shape index (κ3) is 6.67. The first-order valence-electron chi connectivity index (χ1n) is 20.7. The van der Waals surface area contributed by atoms with E-state index in [2.05, 4.69) is 123 Å². The zero-order valence-electron chi connectivity index (χ0n) is 33.7. The van der Waals surface area contributed by atoms with E-state index in [4.69, 9.17) is 0 Å². The van der Waals surface area contributed by atoms with Crippen molar-refractivity contribution in [3.8, 4) is 0 Å². The lowest BCUT2D eigenvalue weighted by atomic mass is 9.55. The zero-order chi connectivity index (χ0) is 34.9. The summed E-state index contributed by atoms with van der Waals surface area (Å²) >= 11 is 0. The molecule has 0 aromatic rings. The van der Waals surface area contributed by atoms with E-state index in [1.54, 1.807) is 11.4 Å². The molecule has 5 unspecified atom stereocenters. The minimum atomic E-state index is 0.180. The highest BCUT2D eigenvalue weighted by atomic mass is 15.3. The van der Waals surface area contributed by atoms with Gasteiger partial charge < -0.3 is 9.80 Å². The van der Waals surface area contributed by atoms with E-state index in [0.717, 1.165) is 17.8 Å². The number of likely N-dealkylation sites (tertiary alicyclic amines) is 1. The van der Waals surface area contributed by atoms with Crippen molar-refractivity contribution in [2.24, 2.45) is 51.2 Å². The van der Waals surface area contributed by atoms with Crippen LogP contribution in [-0.2, 0) is 0 Å². The Bertz CT molecular complexity index is 1270. The highest BCUT2D eigenvalue weighted by Gasteiger charge is 2.63. The summed E-state index contributed by atoms with van der Waals surface area (Å²) in [4.78, 5) is 5.98. The van der Waals surface area contributed by atoms with Crippen LogP contribution in [0.15, 0.2) is 47.5 Å². The van der Waals surface area contributed by atoms with Gasteiger partial charge in [-0.2, -0.15) is 0 Å². The second-order valence-electron chi connectivity index (χ2n) is 21.6. The Labute approximate surface area is 298 Å². The summed E-state index contributed by atoms with van der Waals surface area (Å²) in [7, 11) is 0. The van der Waals surface area contributed by atoms with E-state index in [1.165, 1.54) is 95.6 Å². The van der Waals surface area contributed by atoms with E-state index in [0.29, 0.717) is 45.6 Å². The van der Waals surface area contributed by atoms with Gasteiger partial charge in [-0.05, 0) is 137 Å². The van der Waals surface area contributed by atoms with Crippen LogP contribution in [0.4, 0.5) is 0 Å². The second kappa shape index (κ2) is 13.0. The summed E-state index contributed by atoms with van der Waals surface area (Å²) in [5, 5.41) is 0. The van der Waals surface area contributed by atoms with Crippen molar-refractivity contribution in [3.05, 3.63) is 47.5 Å². The molecule has 3 fully saturated rings. The van der Waals surface area contributed by atoms with Crippen LogP contribution in [-0.4, -0.2) is 27.4 Å². The third-order valence-electron chi connectivity index (χ3n) is 15.2. The summed E-state index contributed by atoms with van der Waals surface area (Å²) in [5.74, 6) is 3.67. The summed E-state index contributed by atoms with van der Waals surface area (Å²) in [6.45, 7) is 30.1. The first-order chi connectivity index (χ1) is 22.3. The quantitative estimate of drug-likeness (QED) is 0.297. The molecule has 5 atom stereocenters. The highest BCUT2D eigenvalue weighted by Crippen LogP contribution is 2.66. The average molecular weight is 657 g/mol. The van der Waals surface area contributed by atoms with E-state index < -0.39 is 0 Å². The summed E-state index contributed by atoms with van der Waals surface area (Å²) in [6.07, 6.45) is 32.2. The predicted octanol–water partition coefficient (Wildman–Crippen LogP) is 13.1. The fraction of sp³-hybridized carbons (Fsp3) is 0.826. The van der Waals surface area contributed by atoms with Crippen LogP contribution in [0.1, 0.15) is 173 Å². The molecule has 0 bridgehead atoms. The van der Waals surface area contributed by atoms with Crippen LogP contribution in [0.5, 0.6) is 0 Å². The average Bonchev–Trinajstić information content (AvgIpc) is 3.18. The molecule has 1 heterocycles. The minimum Gasteiger partial charge on any atom is -0.363 e. The van der Waals surface area contributed by atoms with Gasteiger partial charge >= 0.3 is 0 Å². The molecule has 2 nitrogen and oxygen atoms in total. The summed E-state index contributed by atoms with van der Waals surface area (Å²) in [6, 6.07) is 1.11. The van der Waals surface area contributed by atoms with E-state index in [-0.39, 0.29) is 5.54 Å². The molecule has 6 aliphatic rings. The maximum Gasteiger partial charge on any atom is 0.0498 e. The molecule has 0 radical (unpaired) electrons. The third-order valence-corrected chi connectivity index (χ3v) is 15.2. The zero-order valence-corrected chi connectivity index (χ0v) is 33.7. The van der Waals surface area contributed by atoms with Gasteiger partial charge in [0.05, 0.1) is 0 Å². The SMILES string of the molecule is CC1CC(N(C2=CCC(C(C)(C)C)C=C2)C2CCC(C(C)(C)C)CC2)=CC(N2C3=CCC(C(C)(C)C)CC3C3(CCCCC3)C2(C)C)C1. The standard InChI is InChI=1S/C46H76N2/c1-32-28-38(47(36-21-16-33(17-22-36)42(2,3)4)37-23-18-34(19-24-37)43(5,6)7)31-39(29-32)48-41-25-20-35(44(8,9)10)30-40(41)46(45(48,11)12)26-14-13-15-27-46/h16,21-22,25,31-35,37,39-40H,13-15,17-20,23-24,26-30H2,1-12H3. The lowest BCUT2D eigenvalue weighted by Gasteiger charge is -2.52.